The molecule has 0 saturated heterocycles. The van der Waals surface area contributed by atoms with Crippen molar-refractivity contribution >= 4 is 56.9 Å². The van der Waals surface area contributed by atoms with Crippen LogP contribution in [-0.4, -0.2) is 11.4 Å². The molecule has 0 atom stereocenters. The Kier molecular flexibility index (Phi) is 6.47. The van der Waals surface area contributed by atoms with Crippen LogP contribution < -0.4 is 9.80 Å². The second kappa shape index (κ2) is 11.5. The first kappa shape index (κ1) is 29.2. The van der Waals surface area contributed by atoms with Gasteiger partial charge in [0.2, 0.25) is 0 Å². The second-order valence-electron chi connectivity index (χ2n) is 14.2. The van der Waals surface area contributed by atoms with Gasteiger partial charge in [-0.2, -0.15) is 0 Å². The fourth-order valence-electron chi connectivity index (χ4n) is 8.56. The molecule has 0 spiro atoms. The van der Waals surface area contributed by atoms with Gasteiger partial charge in [0.05, 0.1) is 22.8 Å². The molecule has 0 bridgehead atoms. The average molecular weight is 667 g/mol. The van der Waals surface area contributed by atoms with Crippen molar-refractivity contribution in [1.82, 2.24) is 0 Å². The maximum absolute atomic E-state index is 5.16. The molecule has 4 nitrogen and oxygen atoms in total. The summed E-state index contributed by atoms with van der Waals surface area (Å²) in [5.41, 5.74) is 22.0. The lowest BCUT2D eigenvalue weighted by molar-refractivity contribution is 1.09. The van der Waals surface area contributed by atoms with Crippen LogP contribution in [0.4, 0.5) is 45.5 Å². The third-order valence-corrected chi connectivity index (χ3v) is 11.1. The number of para-hydroxylation sites is 4. The van der Waals surface area contributed by atoms with Crippen molar-refractivity contribution in [2.75, 3.05) is 9.80 Å². The van der Waals surface area contributed by atoms with Gasteiger partial charge >= 0.3 is 0 Å². The Bertz CT molecular complexity index is 2360. The van der Waals surface area contributed by atoms with Crippen molar-refractivity contribution < 1.29 is 0 Å². The Hall–Kier alpha value is -6.52. The first-order valence-electron chi connectivity index (χ1n) is 18.2. The number of anilines is 6. The average Bonchev–Trinajstić information content (AvgIpc) is 3.82. The molecule has 7 aromatic rings. The normalized spacial score (nSPS) is 14.8. The van der Waals surface area contributed by atoms with Gasteiger partial charge in [0.15, 0.2) is 0 Å². The van der Waals surface area contributed by atoms with Crippen LogP contribution in [0, 0.1) is 0 Å². The molecule has 0 unspecified atom stereocenters. The van der Waals surface area contributed by atoms with E-state index >= 15 is 0 Å². The van der Waals surface area contributed by atoms with E-state index in [1.807, 2.05) is 0 Å². The molecular weight excluding hydrogens is 633 g/mol. The zero-order valence-electron chi connectivity index (χ0n) is 28.6. The van der Waals surface area contributed by atoms with Crippen LogP contribution in [0.3, 0.4) is 0 Å². The Morgan fingerprint density at radius 2 is 0.654 bits per heavy atom. The van der Waals surface area contributed by atoms with Crippen LogP contribution in [0.2, 0.25) is 0 Å². The summed E-state index contributed by atoms with van der Waals surface area (Å²) in [5, 5.41) is 0. The van der Waals surface area contributed by atoms with Gasteiger partial charge in [0.25, 0.3) is 0 Å². The van der Waals surface area contributed by atoms with Gasteiger partial charge in [0, 0.05) is 59.8 Å². The highest BCUT2D eigenvalue weighted by molar-refractivity contribution is 6.09. The lowest BCUT2D eigenvalue weighted by Crippen LogP contribution is -2.18. The van der Waals surface area contributed by atoms with Crippen molar-refractivity contribution in [2.24, 2.45) is 9.98 Å². The summed E-state index contributed by atoms with van der Waals surface area (Å²) in [6.45, 7) is 0. The van der Waals surface area contributed by atoms with E-state index in [1.165, 1.54) is 78.6 Å². The van der Waals surface area contributed by atoms with E-state index in [4.69, 9.17) is 9.98 Å². The smallest absolute Gasteiger partial charge is 0.0673 e. The molecule has 4 aliphatic rings. The van der Waals surface area contributed by atoms with E-state index in [0.717, 1.165) is 48.5 Å². The first-order chi connectivity index (χ1) is 25.7. The van der Waals surface area contributed by atoms with E-state index in [-0.39, 0.29) is 0 Å². The molecule has 4 heterocycles. The predicted octanol–water partition coefficient (Wildman–Crippen LogP) is 11.8. The second-order valence-corrected chi connectivity index (χ2v) is 14.2. The van der Waals surface area contributed by atoms with Crippen LogP contribution in [0.25, 0.3) is 0 Å². The van der Waals surface area contributed by atoms with E-state index in [0.29, 0.717) is 0 Å². The van der Waals surface area contributed by atoms with Gasteiger partial charge in [-0.3, -0.25) is 9.98 Å². The van der Waals surface area contributed by atoms with Crippen molar-refractivity contribution in [3.63, 3.8) is 0 Å². The minimum absolute atomic E-state index is 0.815. The van der Waals surface area contributed by atoms with Crippen LogP contribution >= 0.6 is 0 Å². The predicted molar refractivity (Wildman–Crippen MR) is 214 cm³/mol. The standard InChI is InChI=1S/C48H34N4/c1-5-13-45-33(9-1)25-34-10-2-6-14-46(34)51(45)39-21-17-31(18-22-39)41-27-37-29-44-38(30-43(37)49-41)28-42(50-44)32-19-23-40(24-20-32)52-47-15-7-3-11-35(47)26-36-12-4-8-16-48(36)52/h1-24,29-30H,25-28H2. The number of fused-ring (bicyclic) bond motifs is 6. The third kappa shape index (κ3) is 4.68. The minimum atomic E-state index is 0.815. The van der Waals surface area contributed by atoms with Crippen LogP contribution in [0.15, 0.2) is 168 Å². The summed E-state index contributed by atoms with van der Waals surface area (Å²) < 4.78 is 0. The van der Waals surface area contributed by atoms with Crippen LogP contribution in [0.5, 0.6) is 0 Å². The Balaban J connectivity index is 0.835. The largest absolute Gasteiger partial charge is 0.310 e. The molecule has 7 aromatic carbocycles. The van der Waals surface area contributed by atoms with E-state index in [2.05, 4.69) is 168 Å². The summed E-state index contributed by atoms with van der Waals surface area (Å²) in [4.78, 5) is 15.1. The Labute approximate surface area is 303 Å². The highest BCUT2D eigenvalue weighted by Gasteiger charge is 2.27. The maximum Gasteiger partial charge on any atom is 0.0673 e. The third-order valence-electron chi connectivity index (χ3n) is 11.1. The SMILES string of the molecule is c1ccc2c(c1)Cc1ccccc1N2c1ccc(C2=Nc3cc4c(cc3C2)N=C(c2ccc(N3c5ccccc5Cc5ccccc53)cc2)C4)cc1. The molecule has 11 rings (SSSR count). The lowest BCUT2D eigenvalue weighted by atomic mass is 9.94. The molecule has 0 aliphatic carbocycles. The van der Waals surface area contributed by atoms with Gasteiger partial charge in [-0.05, 0) is 105 Å². The van der Waals surface area contributed by atoms with Crippen molar-refractivity contribution in [1.29, 1.82) is 0 Å². The van der Waals surface area contributed by atoms with E-state index in [9.17, 15) is 0 Å². The molecule has 246 valence electrons. The zero-order valence-corrected chi connectivity index (χ0v) is 28.6. The van der Waals surface area contributed by atoms with Crippen LogP contribution in [0.1, 0.15) is 44.5 Å². The molecule has 52 heavy (non-hydrogen) atoms. The molecule has 0 amide bonds. The molecule has 0 radical (unpaired) electrons. The highest BCUT2D eigenvalue weighted by Crippen LogP contribution is 2.46. The number of benzene rings is 7. The lowest BCUT2D eigenvalue weighted by Gasteiger charge is -2.33. The molecule has 0 N–H and O–H groups in total. The summed E-state index contributed by atoms with van der Waals surface area (Å²) in [7, 11) is 0. The minimum Gasteiger partial charge on any atom is -0.310 e. The summed E-state index contributed by atoms with van der Waals surface area (Å²) in [6, 6.07) is 57.4. The number of rotatable bonds is 4. The quantitative estimate of drug-likeness (QED) is 0.187. The Morgan fingerprint density at radius 3 is 1.00 bits per heavy atom. The van der Waals surface area contributed by atoms with Crippen molar-refractivity contribution in [2.45, 2.75) is 25.7 Å². The summed E-state index contributed by atoms with van der Waals surface area (Å²) in [5.74, 6) is 0. The summed E-state index contributed by atoms with van der Waals surface area (Å²) >= 11 is 0. The molecule has 0 fully saturated rings. The fourth-order valence-corrected chi connectivity index (χ4v) is 8.56. The van der Waals surface area contributed by atoms with Gasteiger partial charge in [-0.1, -0.05) is 97.1 Å². The highest BCUT2D eigenvalue weighted by atomic mass is 15.2. The van der Waals surface area contributed by atoms with Gasteiger partial charge in [-0.15, -0.1) is 0 Å². The van der Waals surface area contributed by atoms with Gasteiger partial charge < -0.3 is 9.80 Å². The summed E-state index contributed by atoms with van der Waals surface area (Å²) in [6.07, 6.45) is 3.55. The van der Waals surface area contributed by atoms with Crippen molar-refractivity contribution in [3.8, 4) is 0 Å². The molecule has 0 aromatic heterocycles. The van der Waals surface area contributed by atoms with Crippen molar-refractivity contribution in [3.05, 3.63) is 202 Å². The zero-order chi connectivity index (χ0) is 34.2. The first-order valence-corrected chi connectivity index (χ1v) is 18.2. The monoisotopic (exact) mass is 666 g/mol. The maximum atomic E-state index is 5.16. The fraction of sp³-hybridized carbons (Fsp3) is 0.0833. The molecular formula is C48H34N4. The van der Waals surface area contributed by atoms with Gasteiger partial charge in [0.1, 0.15) is 0 Å². The number of hydrogen-bond acceptors (Lipinski definition) is 4. The number of nitrogens with zero attached hydrogens (tertiary/aromatic N) is 4. The molecule has 4 aliphatic heterocycles. The number of hydrogen-bond donors (Lipinski definition) is 0. The molecule has 0 saturated carbocycles. The van der Waals surface area contributed by atoms with E-state index < -0.39 is 0 Å². The molecule has 4 heteroatoms. The topological polar surface area (TPSA) is 31.2 Å². The van der Waals surface area contributed by atoms with Gasteiger partial charge in [-0.25, -0.2) is 0 Å². The van der Waals surface area contributed by atoms with Crippen LogP contribution in [-0.2, 0) is 25.7 Å². The van der Waals surface area contributed by atoms with E-state index in [1.54, 1.807) is 0 Å². The Morgan fingerprint density at radius 1 is 0.327 bits per heavy atom. The number of aliphatic imine (C=N–C) groups is 2.